The van der Waals surface area contributed by atoms with Gasteiger partial charge in [-0.25, -0.2) is 0 Å². The normalized spacial score (nSPS) is 22.0. The Morgan fingerprint density at radius 2 is 1.58 bits per heavy atom. The minimum Gasteiger partial charge on any atom is -0.466 e. The van der Waals surface area contributed by atoms with E-state index in [-0.39, 0.29) is 62.3 Å². The third-order valence-electron chi connectivity index (χ3n) is 10.8. The van der Waals surface area contributed by atoms with E-state index < -0.39 is 18.6 Å². The van der Waals surface area contributed by atoms with Gasteiger partial charge in [0.25, 0.3) is 5.91 Å². The lowest BCUT2D eigenvalue weighted by atomic mass is 9.87. The molecule has 6 rings (SSSR count). The summed E-state index contributed by atoms with van der Waals surface area (Å²) in [7, 11) is 1.90. The summed E-state index contributed by atoms with van der Waals surface area (Å²) < 4.78 is 54.1. The third-order valence-corrected chi connectivity index (χ3v) is 10.8. The number of aryl methyl sites for hydroxylation is 2. The van der Waals surface area contributed by atoms with Gasteiger partial charge in [0.2, 0.25) is 5.85 Å². The lowest BCUT2D eigenvalue weighted by Crippen LogP contribution is -2.71. The van der Waals surface area contributed by atoms with Crippen molar-refractivity contribution in [2.24, 2.45) is 13.0 Å². The van der Waals surface area contributed by atoms with Gasteiger partial charge in [-0.05, 0) is 75.6 Å². The molecule has 0 bridgehead atoms. The summed E-state index contributed by atoms with van der Waals surface area (Å²) in [6.07, 6.45) is 1.31. The highest BCUT2D eigenvalue weighted by Gasteiger charge is 2.53. The first-order chi connectivity index (χ1) is 24.9. The highest BCUT2D eigenvalue weighted by Crippen LogP contribution is 2.37. The predicted octanol–water partition coefficient (Wildman–Crippen LogP) is 5.92. The summed E-state index contributed by atoms with van der Waals surface area (Å²) in [5.41, 5.74) is 3.70. The maximum absolute atomic E-state index is 14.9. The third kappa shape index (κ3) is 8.38. The summed E-state index contributed by atoms with van der Waals surface area (Å²) in [4.78, 5) is 46.2. The Balaban J connectivity index is 1.24. The molecule has 1 amide bonds. The number of benzene rings is 2. The number of ketones is 1. The van der Waals surface area contributed by atoms with Crippen LogP contribution in [0.15, 0.2) is 48.7 Å². The van der Waals surface area contributed by atoms with Crippen LogP contribution in [-0.4, -0.2) is 107 Å². The standard InChI is InChI=1S/C39H50F3N5O5/c1-4-51-37(50)29-12-14-30(15-13-29)52-39(46-17-7-8-18-46,47-21-19-45(20-22-47)26-38(40,41)42)35(48)24-28-11-16-33(27(2)23-28)43-36(49)32-25-44(3)34-10-6-5-9-31(32)34/h5-6,9-11,16,23,25,29-30H,4,7-8,12-15,17-22,24,26H2,1-3H3,(H,43,49)/t29-,30-,39?. The molecule has 1 unspecified atom stereocenters. The number of para-hydroxylation sites is 1. The Labute approximate surface area is 303 Å². The van der Waals surface area contributed by atoms with Gasteiger partial charge in [0.1, 0.15) is 0 Å². The molecule has 3 aliphatic rings. The van der Waals surface area contributed by atoms with E-state index >= 15 is 0 Å². The van der Waals surface area contributed by atoms with Gasteiger partial charge in [-0.1, -0.05) is 30.3 Å². The number of fused-ring (bicyclic) bond motifs is 1. The average molecular weight is 726 g/mol. The SMILES string of the molecule is CCOC(=O)[C@H]1CC[C@H](OC(C(=O)Cc2ccc(NC(=O)c3cn(C)c4ccccc34)c(C)c2)(N2CCCC2)N2CCN(CC(F)(F)F)CC2)CC1. The number of nitrogens with zero attached hydrogens (tertiary/aromatic N) is 4. The molecule has 2 aliphatic heterocycles. The number of carbonyl (C=O) groups excluding carboxylic acids is 3. The number of likely N-dealkylation sites (tertiary alicyclic amines) is 1. The van der Waals surface area contributed by atoms with Gasteiger partial charge in [-0.2, -0.15) is 13.2 Å². The second-order valence-electron chi connectivity index (χ2n) is 14.4. The molecule has 3 fully saturated rings. The van der Waals surface area contributed by atoms with Crippen molar-refractivity contribution in [3.63, 3.8) is 0 Å². The van der Waals surface area contributed by atoms with E-state index in [1.165, 1.54) is 4.90 Å². The fraction of sp³-hybridized carbons (Fsp3) is 0.564. The number of anilines is 1. The largest absolute Gasteiger partial charge is 0.466 e. The fourth-order valence-corrected chi connectivity index (χ4v) is 8.15. The summed E-state index contributed by atoms with van der Waals surface area (Å²) >= 11 is 0. The lowest BCUT2D eigenvalue weighted by Gasteiger charge is -2.52. The van der Waals surface area contributed by atoms with Crippen LogP contribution in [0.2, 0.25) is 0 Å². The minimum atomic E-state index is -4.31. The first-order valence-electron chi connectivity index (χ1n) is 18.5. The highest BCUT2D eigenvalue weighted by molar-refractivity contribution is 6.13. The van der Waals surface area contributed by atoms with Crippen LogP contribution < -0.4 is 5.32 Å². The van der Waals surface area contributed by atoms with Gasteiger partial charge in [0, 0.05) is 75.5 Å². The van der Waals surface area contributed by atoms with Gasteiger partial charge < -0.3 is 19.4 Å². The Morgan fingerprint density at radius 3 is 2.23 bits per heavy atom. The molecule has 1 aliphatic carbocycles. The monoisotopic (exact) mass is 725 g/mol. The molecule has 2 aromatic carbocycles. The number of halogens is 3. The van der Waals surface area contributed by atoms with Crippen molar-refractivity contribution >= 4 is 34.3 Å². The Hall–Kier alpha value is -3.78. The number of rotatable bonds is 12. The van der Waals surface area contributed by atoms with E-state index in [0.29, 0.717) is 56.6 Å². The van der Waals surface area contributed by atoms with Crippen molar-refractivity contribution in [1.82, 2.24) is 19.3 Å². The van der Waals surface area contributed by atoms with Crippen LogP contribution in [0, 0.1) is 12.8 Å². The minimum absolute atomic E-state index is 0.0375. The second kappa shape index (κ2) is 16.1. The van der Waals surface area contributed by atoms with E-state index in [2.05, 4.69) is 10.2 Å². The molecule has 13 heteroatoms. The van der Waals surface area contributed by atoms with Crippen LogP contribution in [-0.2, 0) is 32.5 Å². The van der Waals surface area contributed by atoms with Crippen molar-refractivity contribution in [3.8, 4) is 0 Å². The second-order valence-corrected chi connectivity index (χ2v) is 14.4. The van der Waals surface area contributed by atoms with Crippen LogP contribution in [0.5, 0.6) is 0 Å². The Morgan fingerprint density at radius 1 is 0.904 bits per heavy atom. The first-order valence-corrected chi connectivity index (χ1v) is 18.5. The average Bonchev–Trinajstić information content (AvgIpc) is 3.77. The number of hydrogen-bond acceptors (Lipinski definition) is 8. The first kappa shape index (κ1) is 38.0. The van der Waals surface area contributed by atoms with Crippen molar-refractivity contribution in [2.45, 2.75) is 76.9 Å². The molecule has 1 atom stereocenters. The zero-order valence-electron chi connectivity index (χ0n) is 30.3. The molecule has 0 radical (unpaired) electrons. The number of alkyl halides is 3. The van der Waals surface area contributed by atoms with Crippen molar-refractivity contribution in [2.75, 3.05) is 57.7 Å². The van der Waals surface area contributed by atoms with Gasteiger partial charge in [-0.15, -0.1) is 0 Å². The highest BCUT2D eigenvalue weighted by atomic mass is 19.4. The maximum Gasteiger partial charge on any atom is 0.401 e. The molecule has 3 heterocycles. The summed E-state index contributed by atoms with van der Waals surface area (Å²) in [5, 5.41) is 3.89. The molecule has 1 aromatic heterocycles. The Bertz CT molecular complexity index is 1740. The van der Waals surface area contributed by atoms with E-state index in [1.807, 2.05) is 72.1 Å². The number of ether oxygens (including phenoxy) is 2. The molecule has 0 spiro atoms. The number of hydrogen-bond donors (Lipinski definition) is 1. The number of nitrogens with one attached hydrogen (secondary N) is 1. The number of esters is 1. The van der Waals surface area contributed by atoms with Gasteiger partial charge in [0.05, 0.1) is 30.7 Å². The molecule has 1 N–H and O–H groups in total. The molecule has 3 aromatic rings. The topological polar surface area (TPSA) is 96.3 Å². The number of aromatic nitrogens is 1. The molecular formula is C39H50F3N5O5. The zero-order valence-corrected chi connectivity index (χ0v) is 30.3. The quantitative estimate of drug-likeness (QED) is 0.230. The van der Waals surface area contributed by atoms with E-state index in [9.17, 15) is 27.6 Å². The number of amides is 1. The smallest absolute Gasteiger partial charge is 0.401 e. The van der Waals surface area contributed by atoms with Crippen LogP contribution in [0.4, 0.5) is 18.9 Å². The van der Waals surface area contributed by atoms with Crippen molar-refractivity contribution in [1.29, 1.82) is 0 Å². The number of piperazine rings is 1. The molecule has 10 nitrogen and oxygen atoms in total. The molecule has 1 saturated carbocycles. The van der Waals surface area contributed by atoms with E-state index in [4.69, 9.17) is 9.47 Å². The molecule has 52 heavy (non-hydrogen) atoms. The number of Topliss-reactive ketones (excluding diaryl/α,β-unsaturated/α-hetero) is 1. The van der Waals surface area contributed by atoms with Crippen LogP contribution in [0.25, 0.3) is 10.9 Å². The summed E-state index contributed by atoms with van der Waals surface area (Å²) in [5.74, 6) is -2.29. The van der Waals surface area contributed by atoms with Crippen LogP contribution in [0.1, 0.15) is 66.9 Å². The van der Waals surface area contributed by atoms with Gasteiger partial charge >= 0.3 is 12.1 Å². The van der Waals surface area contributed by atoms with E-state index in [0.717, 1.165) is 34.9 Å². The molecule has 282 valence electrons. The predicted molar refractivity (Wildman–Crippen MR) is 192 cm³/mol. The van der Waals surface area contributed by atoms with Crippen LogP contribution in [0.3, 0.4) is 0 Å². The lowest BCUT2D eigenvalue weighted by molar-refractivity contribution is -0.262. The summed E-state index contributed by atoms with van der Waals surface area (Å²) in [6, 6.07) is 13.3. The zero-order chi connectivity index (χ0) is 37.0. The number of carbonyl (C=O) groups is 3. The molecule has 2 saturated heterocycles. The van der Waals surface area contributed by atoms with Crippen molar-refractivity contribution < 1.29 is 37.0 Å². The van der Waals surface area contributed by atoms with Crippen LogP contribution >= 0.6 is 0 Å². The van der Waals surface area contributed by atoms with Gasteiger partial charge in [-0.3, -0.25) is 29.1 Å². The molecular weight excluding hydrogens is 675 g/mol. The fourth-order valence-electron chi connectivity index (χ4n) is 8.15. The maximum atomic E-state index is 14.9. The van der Waals surface area contributed by atoms with Gasteiger partial charge in [0.15, 0.2) is 5.78 Å². The summed E-state index contributed by atoms with van der Waals surface area (Å²) in [6.45, 7) is 5.06. The van der Waals surface area contributed by atoms with E-state index in [1.54, 1.807) is 6.92 Å². The van der Waals surface area contributed by atoms with Crippen molar-refractivity contribution in [3.05, 3.63) is 65.4 Å². The Kier molecular flexibility index (Phi) is 11.7.